The Bertz CT molecular complexity index is 655. The minimum Gasteiger partial charge on any atom is -0.444 e. The van der Waals surface area contributed by atoms with Crippen LogP contribution in [0.2, 0.25) is 0 Å². The summed E-state index contributed by atoms with van der Waals surface area (Å²) in [4.78, 5) is 14.2. The van der Waals surface area contributed by atoms with Gasteiger partial charge in [-0.3, -0.25) is 4.79 Å². The van der Waals surface area contributed by atoms with Crippen molar-refractivity contribution in [3.8, 4) is 0 Å². The quantitative estimate of drug-likeness (QED) is 0.738. The Morgan fingerprint density at radius 1 is 1.08 bits per heavy atom. The first-order valence-corrected chi connectivity index (χ1v) is 8.97. The van der Waals surface area contributed by atoms with Crippen molar-refractivity contribution >= 4 is 17.4 Å². The van der Waals surface area contributed by atoms with E-state index < -0.39 is 0 Å². The molecule has 0 spiro atoms. The Labute approximate surface area is 143 Å². The summed E-state index contributed by atoms with van der Waals surface area (Å²) in [5, 5.41) is 3.35. The third-order valence-electron chi connectivity index (χ3n) is 4.47. The standard InChI is InChI=1S/C20H26N2O2/c1-2-6-19(23)16-7-9-17(10-8-16)21-15-18-11-12-20(24-18)22-13-4-3-5-14-22/h7-12,21H,2-6,13-15H2,1H3. The maximum Gasteiger partial charge on any atom is 0.195 e. The van der Waals surface area contributed by atoms with Crippen molar-refractivity contribution in [1.82, 2.24) is 0 Å². The van der Waals surface area contributed by atoms with Crippen molar-refractivity contribution in [2.75, 3.05) is 23.3 Å². The molecule has 1 N–H and O–H groups in total. The van der Waals surface area contributed by atoms with Crippen molar-refractivity contribution in [3.05, 3.63) is 47.7 Å². The zero-order valence-electron chi connectivity index (χ0n) is 14.4. The number of hydrogen-bond donors (Lipinski definition) is 1. The first kappa shape index (κ1) is 16.6. The zero-order valence-corrected chi connectivity index (χ0v) is 14.4. The molecule has 0 atom stereocenters. The second-order valence-electron chi connectivity index (χ2n) is 6.39. The summed E-state index contributed by atoms with van der Waals surface area (Å²) in [7, 11) is 0. The van der Waals surface area contributed by atoms with Crippen molar-refractivity contribution in [2.24, 2.45) is 0 Å². The summed E-state index contributed by atoms with van der Waals surface area (Å²) in [5.74, 6) is 2.12. The molecule has 24 heavy (non-hydrogen) atoms. The zero-order chi connectivity index (χ0) is 16.8. The summed E-state index contributed by atoms with van der Waals surface area (Å²) in [5.41, 5.74) is 1.78. The van der Waals surface area contributed by atoms with Gasteiger partial charge >= 0.3 is 0 Å². The normalized spacial score (nSPS) is 14.6. The van der Waals surface area contributed by atoms with E-state index in [9.17, 15) is 4.79 Å². The lowest BCUT2D eigenvalue weighted by Crippen LogP contribution is -2.28. The maximum absolute atomic E-state index is 11.8. The number of anilines is 2. The van der Waals surface area contributed by atoms with Crippen molar-refractivity contribution in [3.63, 3.8) is 0 Å². The average molecular weight is 326 g/mol. The minimum absolute atomic E-state index is 0.209. The number of benzene rings is 1. The van der Waals surface area contributed by atoms with Gasteiger partial charge in [-0.2, -0.15) is 0 Å². The van der Waals surface area contributed by atoms with Crippen LogP contribution in [0, 0.1) is 0 Å². The molecule has 0 radical (unpaired) electrons. The van der Waals surface area contributed by atoms with E-state index in [4.69, 9.17) is 4.42 Å². The largest absolute Gasteiger partial charge is 0.444 e. The fourth-order valence-corrected chi connectivity index (χ4v) is 3.08. The highest BCUT2D eigenvalue weighted by molar-refractivity contribution is 5.96. The van der Waals surface area contributed by atoms with Crippen LogP contribution in [-0.2, 0) is 6.54 Å². The topological polar surface area (TPSA) is 45.5 Å². The van der Waals surface area contributed by atoms with Crippen molar-refractivity contribution in [2.45, 2.75) is 45.6 Å². The fourth-order valence-electron chi connectivity index (χ4n) is 3.08. The van der Waals surface area contributed by atoms with Gasteiger partial charge in [0, 0.05) is 36.8 Å². The first-order chi connectivity index (χ1) is 11.8. The number of ketones is 1. The molecule has 1 aliphatic rings. The minimum atomic E-state index is 0.209. The van der Waals surface area contributed by atoms with Gasteiger partial charge < -0.3 is 14.6 Å². The highest BCUT2D eigenvalue weighted by Crippen LogP contribution is 2.23. The molecule has 1 aliphatic heterocycles. The number of carbonyl (C=O) groups excluding carboxylic acids is 1. The molecule has 4 nitrogen and oxygen atoms in total. The molecule has 0 aliphatic carbocycles. The van der Waals surface area contributed by atoms with Crippen LogP contribution in [0.4, 0.5) is 11.6 Å². The van der Waals surface area contributed by atoms with Crippen LogP contribution in [0.15, 0.2) is 40.8 Å². The molecule has 0 amide bonds. The molecule has 0 saturated carbocycles. The number of rotatable bonds is 7. The maximum atomic E-state index is 11.8. The Kier molecular flexibility index (Phi) is 5.57. The van der Waals surface area contributed by atoms with Crippen LogP contribution in [0.5, 0.6) is 0 Å². The highest BCUT2D eigenvalue weighted by Gasteiger charge is 2.14. The Hall–Kier alpha value is -2.23. The van der Waals surface area contributed by atoms with Gasteiger partial charge in [0.1, 0.15) is 5.76 Å². The van der Waals surface area contributed by atoms with Crippen molar-refractivity contribution in [1.29, 1.82) is 0 Å². The van der Waals surface area contributed by atoms with Gasteiger partial charge in [0.15, 0.2) is 11.7 Å². The van der Waals surface area contributed by atoms with Gasteiger partial charge in [-0.25, -0.2) is 0 Å². The number of Topliss-reactive ketones (excluding diaryl/α,β-unsaturated/α-hetero) is 1. The van der Waals surface area contributed by atoms with E-state index in [0.29, 0.717) is 13.0 Å². The van der Waals surface area contributed by atoms with Gasteiger partial charge in [-0.1, -0.05) is 6.92 Å². The molecule has 0 bridgehead atoms. The lowest BCUT2D eigenvalue weighted by atomic mass is 10.1. The van der Waals surface area contributed by atoms with Gasteiger partial charge in [-0.15, -0.1) is 0 Å². The number of carbonyl (C=O) groups is 1. The molecule has 1 aromatic carbocycles. The van der Waals surface area contributed by atoms with E-state index in [1.54, 1.807) is 0 Å². The molecule has 1 saturated heterocycles. The Morgan fingerprint density at radius 3 is 2.54 bits per heavy atom. The predicted octanol–water partition coefficient (Wildman–Crippen LogP) is 4.86. The van der Waals surface area contributed by atoms with E-state index in [2.05, 4.69) is 16.3 Å². The molecule has 3 rings (SSSR count). The van der Waals surface area contributed by atoms with E-state index >= 15 is 0 Å². The van der Waals surface area contributed by atoms with Gasteiger partial charge in [0.2, 0.25) is 0 Å². The molecular formula is C20H26N2O2. The smallest absolute Gasteiger partial charge is 0.195 e. The summed E-state index contributed by atoms with van der Waals surface area (Å²) < 4.78 is 5.95. The molecule has 2 heterocycles. The molecule has 1 fully saturated rings. The van der Waals surface area contributed by atoms with Crippen molar-refractivity contribution < 1.29 is 9.21 Å². The number of nitrogens with zero attached hydrogens (tertiary/aromatic N) is 1. The SMILES string of the molecule is CCCC(=O)c1ccc(NCc2ccc(N3CCCCC3)o2)cc1. The van der Waals surface area contributed by atoms with Crippen LogP contribution in [0.25, 0.3) is 0 Å². The molecule has 2 aromatic rings. The highest BCUT2D eigenvalue weighted by atomic mass is 16.4. The third-order valence-corrected chi connectivity index (χ3v) is 4.47. The molecule has 128 valence electrons. The van der Waals surface area contributed by atoms with Gasteiger partial charge in [-0.05, 0) is 56.0 Å². The van der Waals surface area contributed by atoms with E-state index in [1.165, 1.54) is 19.3 Å². The summed E-state index contributed by atoms with van der Waals surface area (Å²) in [6.45, 7) is 4.85. The number of furan rings is 1. The lowest BCUT2D eigenvalue weighted by Gasteiger charge is -2.25. The van der Waals surface area contributed by atoms with Gasteiger partial charge in [0.25, 0.3) is 0 Å². The van der Waals surface area contributed by atoms with Crippen LogP contribution in [0.1, 0.15) is 55.1 Å². The number of nitrogens with one attached hydrogen (secondary N) is 1. The number of hydrogen-bond acceptors (Lipinski definition) is 4. The molecule has 0 unspecified atom stereocenters. The second kappa shape index (κ2) is 8.04. The third kappa shape index (κ3) is 4.19. The van der Waals surface area contributed by atoms with E-state index in [-0.39, 0.29) is 5.78 Å². The van der Waals surface area contributed by atoms with E-state index in [0.717, 1.165) is 42.4 Å². The molecule has 4 heteroatoms. The van der Waals surface area contributed by atoms with Crippen LogP contribution >= 0.6 is 0 Å². The fraction of sp³-hybridized carbons (Fsp3) is 0.450. The first-order valence-electron chi connectivity index (χ1n) is 8.97. The monoisotopic (exact) mass is 326 g/mol. The molecular weight excluding hydrogens is 300 g/mol. The van der Waals surface area contributed by atoms with Crippen LogP contribution in [0.3, 0.4) is 0 Å². The Morgan fingerprint density at radius 2 is 1.83 bits per heavy atom. The summed E-state index contributed by atoms with van der Waals surface area (Å²) in [6, 6.07) is 11.8. The predicted molar refractivity (Wildman–Crippen MR) is 97.8 cm³/mol. The number of piperidine rings is 1. The lowest BCUT2D eigenvalue weighted by molar-refractivity contribution is 0.0982. The Balaban J connectivity index is 1.54. The van der Waals surface area contributed by atoms with Crippen LogP contribution in [-0.4, -0.2) is 18.9 Å². The molecule has 1 aromatic heterocycles. The van der Waals surface area contributed by atoms with E-state index in [1.807, 2.05) is 37.3 Å². The average Bonchev–Trinajstić information content (AvgIpc) is 3.10. The summed E-state index contributed by atoms with van der Waals surface area (Å²) in [6.07, 6.45) is 5.31. The van der Waals surface area contributed by atoms with Crippen LogP contribution < -0.4 is 10.2 Å². The summed E-state index contributed by atoms with van der Waals surface area (Å²) >= 11 is 0. The second-order valence-corrected chi connectivity index (χ2v) is 6.39. The van der Waals surface area contributed by atoms with Gasteiger partial charge in [0.05, 0.1) is 6.54 Å².